The van der Waals surface area contributed by atoms with Gasteiger partial charge in [-0.05, 0) is 19.8 Å². The van der Waals surface area contributed by atoms with Crippen LogP contribution in [0.4, 0.5) is 0 Å². The fourth-order valence-corrected chi connectivity index (χ4v) is 6.26. The minimum Gasteiger partial charge on any atom is -0.309 e. The van der Waals surface area contributed by atoms with Gasteiger partial charge in [-0.2, -0.15) is 0 Å². The first-order chi connectivity index (χ1) is 14.3. The number of hydrogen-bond acceptors (Lipinski definition) is 7. The third-order valence-electron chi connectivity index (χ3n) is 5.29. The number of sulfonamides is 1. The van der Waals surface area contributed by atoms with Crippen molar-refractivity contribution in [1.82, 2.24) is 24.1 Å². The van der Waals surface area contributed by atoms with E-state index >= 15 is 0 Å². The van der Waals surface area contributed by atoms with Gasteiger partial charge in [-0.3, -0.25) is 0 Å². The van der Waals surface area contributed by atoms with E-state index in [4.69, 9.17) is 4.98 Å². The Bertz CT molecular complexity index is 1120. The molecule has 0 aliphatic carbocycles. The van der Waals surface area contributed by atoms with Crippen LogP contribution in [0, 0.1) is 6.92 Å². The fraction of sp³-hybridized carbons (Fsp3) is 0.450. The fourth-order valence-electron chi connectivity index (χ4n) is 3.60. The molecular weight excluding hydrogens is 438 g/mol. The molecule has 0 radical (unpaired) electrons. The average molecular weight is 464 g/mol. The minimum absolute atomic E-state index is 0.0766. The molecule has 3 heterocycles. The maximum absolute atomic E-state index is 11.9. The highest BCUT2D eigenvalue weighted by atomic mass is 32.2. The highest BCUT2D eigenvalue weighted by Gasteiger charge is 2.30. The molecule has 160 valence electrons. The van der Waals surface area contributed by atoms with Crippen LogP contribution in [-0.4, -0.2) is 51.8 Å². The van der Waals surface area contributed by atoms with Crippen LogP contribution >= 0.6 is 23.1 Å². The third-order valence-corrected chi connectivity index (χ3v) is 8.55. The second kappa shape index (κ2) is 8.78. The summed E-state index contributed by atoms with van der Waals surface area (Å²) < 4.78 is 27.4. The van der Waals surface area contributed by atoms with Gasteiger partial charge in [0.1, 0.15) is 10.8 Å². The van der Waals surface area contributed by atoms with Crippen molar-refractivity contribution in [3.63, 3.8) is 0 Å². The summed E-state index contributed by atoms with van der Waals surface area (Å²) in [6.07, 6.45) is 3.04. The van der Waals surface area contributed by atoms with Crippen molar-refractivity contribution in [3.8, 4) is 10.6 Å². The highest BCUT2D eigenvalue weighted by Crippen LogP contribution is 2.31. The van der Waals surface area contributed by atoms with Gasteiger partial charge in [0.25, 0.3) is 0 Å². The average Bonchev–Trinajstić information content (AvgIpc) is 3.33. The number of aromatic nitrogens is 4. The van der Waals surface area contributed by atoms with E-state index in [2.05, 4.69) is 46.8 Å². The summed E-state index contributed by atoms with van der Waals surface area (Å²) in [4.78, 5) is 4.76. The summed E-state index contributed by atoms with van der Waals surface area (Å²) in [6.45, 7) is 3.14. The van der Waals surface area contributed by atoms with Crippen molar-refractivity contribution < 1.29 is 8.42 Å². The molecule has 10 heteroatoms. The molecule has 0 N–H and O–H groups in total. The lowest BCUT2D eigenvalue weighted by atomic mass is 9.99. The van der Waals surface area contributed by atoms with Crippen LogP contribution in [0.5, 0.6) is 0 Å². The van der Waals surface area contributed by atoms with E-state index in [0.29, 0.717) is 18.8 Å². The maximum Gasteiger partial charge on any atom is 0.211 e. The summed E-state index contributed by atoms with van der Waals surface area (Å²) in [6, 6.07) is 8.40. The second-order valence-electron chi connectivity index (χ2n) is 7.66. The molecule has 0 spiro atoms. The van der Waals surface area contributed by atoms with Crippen LogP contribution in [-0.2, 0) is 22.8 Å². The largest absolute Gasteiger partial charge is 0.309 e. The summed E-state index contributed by atoms with van der Waals surface area (Å²) in [5.74, 6) is 1.64. The lowest BCUT2D eigenvalue weighted by Crippen LogP contribution is -2.39. The van der Waals surface area contributed by atoms with Crippen molar-refractivity contribution in [3.05, 3.63) is 46.7 Å². The molecule has 4 rings (SSSR count). The smallest absolute Gasteiger partial charge is 0.211 e. The lowest BCUT2D eigenvalue weighted by molar-refractivity contribution is 0.307. The molecule has 0 unspecified atom stereocenters. The molecule has 1 fully saturated rings. The minimum atomic E-state index is -3.18. The summed E-state index contributed by atoms with van der Waals surface area (Å²) in [7, 11) is -1.22. The van der Waals surface area contributed by atoms with Crippen LogP contribution in [0.15, 0.2) is 34.8 Å². The van der Waals surface area contributed by atoms with Crippen LogP contribution in [0.1, 0.15) is 35.8 Å². The Morgan fingerprint density at radius 2 is 2.00 bits per heavy atom. The number of nitrogens with zero attached hydrogens (tertiary/aromatic N) is 5. The van der Waals surface area contributed by atoms with Gasteiger partial charge >= 0.3 is 0 Å². The van der Waals surface area contributed by atoms with Crippen molar-refractivity contribution in [2.75, 3.05) is 19.3 Å². The number of rotatable bonds is 6. The van der Waals surface area contributed by atoms with E-state index in [0.717, 1.165) is 40.1 Å². The van der Waals surface area contributed by atoms with Gasteiger partial charge in [0.2, 0.25) is 10.0 Å². The number of hydrogen-bond donors (Lipinski definition) is 0. The van der Waals surface area contributed by atoms with Gasteiger partial charge in [0, 0.05) is 42.8 Å². The van der Waals surface area contributed by atoms with E-state index in [9.17, 15) is 8.42 Å². The SMILES string of the molecule is Cc1ccc(-c2nc(CSc3nnc([C@@H]4CCCN(S(C)(=O)=O)C4)n3C)cs2)cc1. The number of thiazole rings is 1. The zero-order valence-corrected chi connectivity index (χ0v) is 19.7. The van der Waals surface area contributed by atoms with Gasteiger partial charge in [0.15, 0.2) is 5.16 Å². The molecule has 0 amide bonds. The van der Waals surface area contributed by atoms with Gasteiger partial charge < -0.3 is 4.57 Å². The monoisotopic (exact) mass is 463 g/mol. The lowest BCUT2D eigenvalue weighted by Gasteiger charge is -2.30. The standard InChI is InChI=1S/C20H25N5O2S3/c1-14-6-8-15(9-7-14)19-21-17(12-28-19)13-29-20-23-22-18(24(20)2)16-5-4-10-25(11-16)30(3,26)27/h6-9,12,16H,4-5,10-11,13H2,1-3H3/t16-/m1/s1. The van der Waals surface area contributed by atoms with E-state index < -0.39 is 10.0 Å². The first-order valence-corrected chi connectivity index (χ1v) is 13.5. The van der Waals surface area contributed by atoms with Crippen LogP contribution < -0.4 is 0 Å². The molecule has 30 heavy (non-hydrogen) atoms. The van der Waals surface area contributed by atoms with E-state index in [1.807, 2.05) is 11.6 Å². The van der Waals surface area contributed by atoms with Gasteiger partial charge in [0.05, 0.1) is 11.9 Å². The number of aryl methyl sites for hydroxylation is 1. The first-order valence-electron chi connectivity index (χ1n) is 9.80. The molecular formula is C20H25N5O2S3. The summed E-state index contributed by atoms with van der Waals surface area (Å²) >= 11 is 3.25. The Balaban J connectivity index is 1.42. The second-order valence-corrected chi connectivity index (χ2v) is 11.4. The molecule has 1 aliphatic rings. The Morgan fingerprint density at radius 3 is 2.73 bits per heavy atom. The number of benzene rings is 1. The van der Waals surface area contributed by atoms with E-state index in [-0.39, 0.29) is 5.92 Å². The quantitative estimate of drug-likeness (QED) is 0.519. The number of thioether (sulfide) groups is 1. The zero-order chi connectivity index (χ0) is 21.3. The van der Waals surface area contributed by atoms with Crippen LogP contribution in [0.3, 0.4) is 0 Å². The first kappa shape index (κ1) is 21.5. The van der Waals surface area contributed by atoms with Gasteiger partial charge in [-0.15, -0.1) is 21.5 Å². The Hall–Kier alpha value is -1.75. The highest BCUT2D eigenvalue weighted by molar-refractivity contribution is 7.98. The van der Waals surface area contributed by atoms with Crippen molar-refractivity contribution in [2.45, 2.75) is 36.6 Å². The topological polar surface area (TPSA) is 81.0 Å². The molecule has 0 bridgehead atoms. The molecule has 2 aromatic heterocycles. The third kappa shape index (κ3) is 4.77. The van der Waals surface area contributed by atoms with Gasteiger partial charge in [-0.1, -0.05) is 41.6 Å². The van der Waals surface area contributed by atoms with Crippen molar-refractivity contribution in [1.29, 1.82) is 0 Å². The Labute approximate surface area is 185 Å². The molecule has 1 atom stereocenters. The van der Waals surface area contributed by atoms with Gasteiger partial charge in [-0.25, -0.2) is 17.7 Å². The molecule has 1 aromatic carbocycles. The Kier molecular flexibility index (Phi) is 6.29. The number of piperidine rings is 1. The van der Waals surface area contributed by atoms with Crippen molar-refractivity contribution >= 4 is 33.1 Å². The van der Waals surface area contributed by atoms with Crippen LogP contribution in [0.25, 0.3) is 10.6 Å². The zero-order valence-electron chi connectivity index (χ0n) is 17.3. The Morgan fingerprint density at radius 1 is 1.23 bits per heavy atom. The van der Waals surface area contributed by atoms with E-state index in [1.54, 1.807) is 27.4 Å². The molecule has 1 aliphatic heterocycles. The van der Waals surface area contributed by atoms with Crippen LogP contribution in [0.2, 0.25) is 0 Å². The predicted octanol–water partition coefficient (Wildman–Crippen LogP) is 3.68. The maximum atomic E-state index is 11.9. The van der Waals surface area contributed by atoms with Crippen molar-refractivity contribution in [2.24, 2.45) is 7.05 Å². The molecule has 7 nitrogen and oxygen atoms in total. The normalized spacial score (nSPS) is 18.0. The molecule has 0 saturated carbocycles. The molecule has 3 aromatic rings. The summed E-state index contributed by atoms with van der Waals surface area (Å²) in [5.41, 5.74) is 3.39. The predicted molar refractivity (Wildman–Crippen MR) is 121 cm³/mol. The summed E-state index contributed by atoms with van der Waals surface area (Å²) in [5, 5.41) is 12.7. The van der Waals surface area contributed by atoms with E-state index in [1.165, 1.54) is 11.8 Å². The molecule has 1 saturated heterocycles.